The third kappa shape index (κ3) is 7.17. The highest BCUT2D eigenvalue weighted by Gasteiger charge is 2.42. The molecule has 0 unspecified atom stereocenters. The van der Waals surface area contributed by atoms with Gasteiger partial charge in [0.15, 0.2) is 8.07 Å². The second kappa shape index (κ2) is 17.8. The van der Waals surface area contributed by atoms with Gasteiger partial charge in [0, 0.05) is 28.3 Å². The fraction of sp³-hybridized carbons (Fsp3) is 0.0152. The van der Waals surface area contributed by atoms with Crippen LogP contribution in [-0.2, 0) is 0 Å². The normalized spacial score (nSPS) is 12.4. The minimum absolute atomic E-state index is 0.707. The number of pyridine rings is 1. The zero-order valence-electron chi connectivity index (χ0n) is 39.1. The Bertz CT molecular complexity index is 3760. The Balaban J connectivity index is 1.03. The predicted octanol–water partition coefficient (Wildman–Crippen LogP) is 13.8. The molecule has 0 N–H and O–H groups in total. The van der Waals surface area contributed by atoms with Crippen molar-refractivity contribution < 1.29 is 0 Å². The molecular formula is C66H48N4Si. The van der Waals surface area contributed by atoms with Crippen molar-refractivity contribution in [2.24, 2.45) is 0 Å². The molecule has 0 saturated carbocycles. The number of benzene rings is 10. The molecule has 0 aliphatic carbocycles. The Morgan fingerprint density at radius 2 is 0.831 bits per heavy atom. The maximum atomic E-state index is 5.25. The highest BCUT2D eigenvalue weighted by atomic mass is 28.3. The Morgan fingerprint density at radius 3 is 1.48 bits per heavy atom. The van der Waals surface area contributed by atoms with Gasteiger partial charge in [-0.05, 0) is 115 Å². The van der Waals surface area contributed by atoms with Crippen LogP contribution in [0.15, 0.2) is 279 Å². The quantitative estimate of drug-likeness (QED) is 0.101. The summed E-state index contributed by atoms with van der Waals surface area (Å²) < 4.78 is 2.40. The van der Waals surface area contributed by atoms with E-state index in [1.54, 1.807) is 0 Å². The zero-order chi connectivity index (χ0) is 47.1. The lowest BCUT2D eigenvalue weighted by Gasteiger charge is -2.35. The summed E-state index contributed by atoms with van der Waals surface area (Å²) in [4.78, 5) is 10.1. The molecular weight excluding hydrogens is 877 g/mol. The standard InChI is InChI=1S/C66H48N4Si/c1-6-22-48(23-7-1)57-35-21-36-58(49-24-8-2-9-25-49)66(57)50-42-43-67-65(44-50)70-61-37-17-16-34-59(61)60-41-40-56(46-64(60)70)71(53-29-12-4-13-30-53,54-31-14-5-15-32-54)55-33-20-28-52(45-55)69-47-68(51-26-10-3-11-27-51)62-38-18-19-39-63(62)69/h1-46H,47H2. The van der Waals surface area contributed by atoms with Gasteiger partial charge in [-0.3, -0.25) is 4.57 Å². The first-order valence-corrected chi connectivity index (χ1v) is 26.4. The first-order valence-electron chi connectivity index (χ1n) is 24.4. The molecule has 1 aliphatic heterocycles. The van der Waals surface area contributed by atoms with Crippen molar-refractivity contribution in [1.29, 1.82) is 0 Å². The van der Waals surface area contributed by atoms with Gasteiger partial charge in [0.1, 0.15) is 12.5 Å². The topological polar surface area (TPSA) is 24.3 Å². The third-order valence-corrected chi connectivity index (χ3v) is 19.2. The van der Waals surface area contributed by atoms with Crippen LogP contribution >= 0.6 is 0 Å². The SMILES string of the molecule is c1ccc(-c2cccc(-c3ccccc3)c2-c2ccnc(-n3c4ccccc4c4ccc([Si](c5ccccc5)(c5ccccc5)c5cccc(N6CN(c7ccccc7)c7ccccc76)c5)cc43)c2)cc1. The van der Waals surface area contributed by atoms with Crippen LogP contribution in [0.4, 0.5) is 22.7 Å². The summed E-state index contributed by atoms with van der Waals surface area (Å²) >= 11 is 0. The van der Waals surface area contributed by atoms with Crippen LogP contribution in [0.25, 0.3) is 61.0 Å². The van der Waals surface area contributed by atoms with Crippen molar-refractivity contribution in [3.05, 3.63) is 279 Å². The van der Waals surface area contributed by atoms with Crippen LogP contribution in [0.2, 0.25) is 0 Å². The van der Waals surface area contributed by atoms with Crippen molar-refractivity contribution in [2.45, 2.75) is 0 Å². The molecule has 10 aromatic carbocycles. The monoisotopic (exact) mass is 924 g/mol. The number of aromatic nitrogens is 2. The molecule has 0 radical (unpaired) electrons. The van der Waals surface area contributed by atoms with Gasteiger partial charge in [-0.1, -0.05) is 212 Å². The summed E-state index contributed by atoms with van der Waals surface area (Å²) in [6.45, 7) is 0.707. The van der Waals surface area contributed by atoms with E-state index in [0.29, 0.717) is 6.67 Å². The second-order valence-corrected chi connectivity index (χ2v) is 22.1. The number of para-hydroxylation sites is 4. The van der Waals surface area contributed by atoms with E-state index in [0.717, 1.165) is 22.4 Å². The molecule has 2 aromatic heterocycles. The number of fused-ring (bicyclic) bond motifs is 4. The van der Waals surface area contributed by atoms with Gasteiger partial charge in [0.25, 0.3) is 0 Å². The van der Waals surface area contributed by atoms with Crippen LogP contribution in [0.3, 0.4) is 0 Å². The maximum absolute atomic E-state index is 5.25. The Hall–Kier alpha value is -9.03. The van der Waals surface area contributed by atoms with Crippen molar-refractivity contribution in [2.75, 3.05) is 16.5 Å². The van der Waals surface area contributed by atoms with E-state index in [1.807, 2.05) is 6.20 Å². The largest absolute Gasteiger partial charge is 0.321 e. The number of anilines is 4. The van der Waals surface area contributed by atoms with Crippen molar-refractivity contribution in [1.82, 2.24) is 9.55 Å². The van der Waals surface area contributed by atoms with Crippen LogP contribution in [0.5, 0.6) is 0 Å². The highest BCUT2D eigenvalue weighted by Crippen LogP contribution is 2.44. The van der Waals surface area contributed by atoms with E-state index in [1.165, 1.54) is 82.1 Å². The molecule has 336 valence electrons. The van der Waals surface area contributed by atoms with E-state index in [4.69, 9.17) is 4.98 Å². The number of rotatable bonds is 10. The van der Waals surface area contributed by atoms with Gasteiger partial charge in [-0.25, -0.2) is 4.98 Å². The van der Waals surface area contributed by atoms with Crippen LogP contribution in [0.1, 0.15) is 0 Å². The molecule has 71 heavy (non-hydrogen) atoms. The van der Waals surface area contributed by atoms with Crippen molar-refractivity contribution >= 4 is 73.4 Å². The molecule has 12 aromatic rings. The van der Waals surface area contributed by atoms with Crippen molar-refractivity contribution in [3.8, 4) is 39.2 Å². The molecule has 0 fully saturated rings. The van der Waals surface area contributed by atoms with Crippen molar-refractivity contribution in [3.63, 3.8) is 0 Å². The molecule has 0 atom stereocenters. The molecule has 13 rings (SSSR count). The van der Waals surface area contributed by atoms with Gasteiger partial charge in [-0.2, -0.15) is 0 Å². The summed E-state index contributed by atoms with van der Waals surface area (Å²) in [6.07, 6.45) is 1.99. The lowest BCUT2D eigenvalue weighted by molar-refractivity contribution is 0.992. The van der Waals surface area contributed by atoms with Gasteiger partial charge in [0.05, 0.1) is 22.4 Å². The molecule has 3 heterocycles. The molecule has 0 bridgehead atoms. The summed E-state index contributed by atoms with van der Waals surface area (Å²) in [5.74, 6) is 0.872. The molecule has 1 aliphatic rings. The fourth-order valence-electron chi connectivity index (χ4n) is 11.3. The summed E-state index contributed by atoms with van der Waals surface area (Å²) in [5, 5.41) is 7.65. The molecule has 5 heteroatoms. The Labute approximate surface area is 415 Å². The lowest BCUT2D eigenvalue weighted by Crippen LogP contribution is -2.74. The van der Waals surface area contributed by atoms with Gasteiger partial charge in [0.2, 0.25) is 0 Å². The van der Waals surface area contributed by atoms with E-state index in [9.17, 15) is 0 Å². The average molecular weight is 925 g/mol. The highest BCUT2D eigenvalue weighted by molar-refractivity contribution is 7.20. The fourth-order valence-corrected chi connectivity index (χ4v) is 16.1. The molecule has 0 spiro atoms. The predicted molar refractivity (Wildman–Crippen MR) is 301 cm³/mol. The summed E-state index contributed by atoms with van der Waals surface area (Å²) in [7, 11) is -3.07. The van der Waals surface area contributed by atoms with Gasteiger partial charge < -0.3 is 9.80 Å². The minimum Gasteiger partial charge on any atom is -0.321 e. The lowest BCUT2D eigenvalue weighted by atomic mass is 9.88. The smallest absolute Gasteiger partial charge is 0.179 e. The minimum atomic E-state index is -3.07. The zero-order valence-corrected chi connectivity index (χ0v) is 40.1. The molecule has 0 amide bonds. The first-order chi connectivity index (χ1) is 35.2. The van der Waals surface area contributed by atoms with E-state index < -0.39 is 8.07 Å². The molecule has 4 nitrogen and oxygen atoms in total. The number of hydrogen-bond donors (Lipinski definition) is 0. The summed E-state index contributed by atoms with van der Waals surface area (Å²) in [6, 6.07) is 100. The van der Waals surface area contributed by atoms with E-state index in [2.05, 4.69) is 287 Å². The molecule has 0 saturated heterocycles. The second-order valence-electron chi connectivity index (χ2n) is 18.3. The van der Waals surface area contributed by atoms with E-state index in [-0.39, 0.29) is 0 Å². The Morgan fingerprint density at radius 1 is 0.338 bits per heavy atom. The van der Waals surface area contributed by atoms with E-state index >= 15 is 0 Å². The van der Waals surface area contributed by atoms with Crippen LogP contribution in [-0.4, -0.2) is 24.3 Å². The Kier molecular flexibility index (Phi) is 10.6. The summed E-state index contributed by atoms with van der Waals surface area (Å²) in [5.41, 5.74) is 14.0. The van der Waals surface area contributed by atoms with Gasteiger partial charge in [-0.15, -0.1) is 0 Å². The van der Waals surface area contributed by atoms with Gasteiger partial charge >= 0.3 is 0 Å². The third-order valence-electron chi connectivity index (χ3n) is 14.4. The first kappa shape index (κ1) is 42.1. The van der Waals surface area contributed by atoms with Crippen LogP contribution in [0, 0.1) is 0 Å². The maximum Gasteiger partial charge on any atom is 0.179 e. The van der Waals surface area contributed by atoms with Crippen LogP contribution < -0.4 is 30.5 Å². The number of nitrogens with zero attached hydrogens (tertiary/aromatic N) is 4. The number of hydrogen-bond acceptors (Lipinski definition) is 3. The average Bonchev–Trinajstić information content (AvgIpc) is 4.01.